The highest BCUT2D eigenvalue weighted by atomic mass is 14.4. The monoisotopic (exact) mass is 155 g/mol. The van der Waals surface area contributed by atoms with Crippen molar-refractivity contribution in [2.24, 2.45) is 0 Å². The Kier molecular flexibility index (Phi) is 7.54. The van der Waals surface area contributed by atoms with Crippen LogP contribution in [0.3, 0.4) is 0 Å². The van der Waals surface area contributed by atoms with Gasteiger partial charge in [-0.2, -0.15) is 0 Å². The molecule has 0 amide bonds. The molecule has 0 atom stereocenters. The Morgan fingerprint density at radius 3 is 2.18 bits per heavy atom. The van der Waals surface area contributed by atoms with E-state index in [1.54, 1.807) is 0 Å². The largest absolute Gasteiger partial charge is 0.310 e. The minimum atomic E-state index is 0.948. The predicted molar refractivity (Wildman–Crippen MR) is 51.4 cm³/mol. The number of nitrogens with one attached hydrogen (secondary N) is 1. The molecule has 0 aromatic rings. The summed E-state index contributed by atoms with van der Waals surface area (Å²) in [6.45, 7) is 4.36. The molecular weight excluding hydrogens is 134 g/mol. The Bertz CT molecular complexity index is 97.0. The van der Waals surface area contributed by atoms with Crippen LogP contribution in [-0.4, -0.2) is 5.71 Å². The molecule has 11 heavy (non-hydrogen) atoms. The van der Waals surface area contributed by atoms with Crippen LogP contribution in [0.2, 0.25) is 0 Å². The van der Waals surface area contributed by atoms with Crippen LogP contribution >= 0.6 is 0 Å². The standard InChI is InChI=1S/C10H21N/c1-3-5-6-7-9-10(11)8-4-2/h11H,3-9H2,1-2H3. The number of hydrogen-bond donors (Lipinski definition) is 1. The van der Waals surface area contributed by atoms with Gasteiger partial charge in [0, 0.05) is 5.71 Å². The molecule has 1 heteroatoms. The van der Waals surface area contributed by atoms with E-state index in [1.165, 1.54) is 25.7 Å². The molecule has 0 aliphatic heterocycles. The first kappa shape index (κ1) is 10.7. The van der Waals surface area contributed by atoms with Gasteiger partial charge < -0.3 is 5.41 Å². The highest BCUT2D eigenvalue weighted by Crippen LogP contribution is 2.05. The molecule has 0 aromatic carbocycles. The highest BCUT2D eigenvalue weighted by Gasteiger charge is 1.94. The van der Waals surface area contributed by atoms with Crippen molar-refractivity contribution in [3.63, 3.8) is 0 Å². The molecule has 0 spiro atoms. The van der Waals surface area contributed by atoms with Gasteiger partial charge in [0.05, 0.1) is 0 Å². The Hall–Kier alpha value is -0.330. The first-order valence-electron chi connectivity index (χ1n) is 4.87. The maximum absolute atomic E-state index is 7.52. The molecule has 66 valence electrons. The highest BCUT2D eigenvalue weighted by molar-refractivity contribution is 5.81. The summed E-state index contributed by atoms with van der Waals surface area (Å²) in [6.07, 6.45) is 8.34. The van der Waals surface area contributed by atoms with Crippen molar-refractivity contribution in [1.82, 2.24) is 0 Å². The lowest BCUT2D eigenvalue weighted by molar-refractivity contribution is 0.678. The zero-order chi connectivity index (χ0) is 8.53. The second-order valence-electron chi connectivity index (χ2n) is 3.16. The van der Waals surface area contributed by atoms with E-state index in [2.05, 4.69) is 13.8 Å². The summed E-state index contributed by atoms with van der Waals surface area (Å²) in [5.41, 5.74) is 0.948. The summed E-state index contributed by atoms with van der Waals surface area (Å²) in [6, 6.07) is 0. The molecule has 0 aliphatic rings. The Balaban J connectivity index is 3.04. The zero-order valence-electron chi connectivity index (χ0n) is 7.95. The fraction of sp³-hybridized carbons (Fsp3) is 0.900. The fourth-order valence-corrected chi connectivity index (χ4v) is 1.19. The van der Waals surface area contributed by atoms with Gasteiger partial charge in [-0.3, -0.25) is 0 Å². The van der Waals surface area contributed by atoms with Crippen molar-refractivity contribution >= 4 is 5.71 Å². The second-order valence-corrected chi connectivity index (χ2v) is 3.16. The summed E-state index contributed by atoms with van der Waals surface area (Å²) in [4.78, 5) is 0. The van der Waals surface area contributed by atoms with Gasteiger partial charge in [0.25, 0.3) is 0 Å². The van der Waals surface area contributed by atoms with Crippen LogP contribution in [0.4, 0.5) is 0 Å². The van der Waals surface area contributed by atoms with Crippen molar-refractivity contribution in [3.8, 4) is 0 Å². The van der Waals surface area contributed by atoms with E-state index in [4.69, 9.17) is 5.41 Å². The lowest BCUT2D eigenvalue weighted by Gasteiger charge is -2.00. The van der Waals surface area contributed by atoms with Crippen LogP contribution in [0.5, 0.6) is 0 Å². The van der Waals surface area contributed by atoms with Crippen LogP contribution in [0.15, 0.2) is 0 Å². The molecule has 0 radical (unpaired) electrons. The lowest BCUT2D eigenvalue weighted by Crippen LogP contribution is -1.94. The fourth-order valence-electron chi connectivity index (χ4n) is 1.19. The molecule has 0 saturated heterocycles. The first-order valence-corrected chi connectivity index (χ1v) is 4.87. The van der Waals surface area contributed by atoms with Crippen molar-refractivity contribution in [3.05, 3.63) is 0 Å². The van der Waals surface area contributed by atoms with Gasteiger partial charge >= 0.3 is 0 Å². The minimum Gasteiger partial charge on any atom is -0.310 e. The molecule has 0 bridgehead atoms. The third kappa shape index (κ3) is 7.57. The molecule has 1 N–H and O–H groups in total. The molecule has 0 aromatic heterocycles. The van der Waals surface area contributed by atoms with E-state index in [0.29, 0.717) is 0 Å². The van der Waals surface area contributed by atoms with Gasteiger partial charge in [-0.15, -0.1) is 0 Å². The van der Waals surface area contributed by atoms with E-state index >= 15 is 0 Å². The molecule has 0 aliphatic carbocycles. The van der Waals surface area contributed by atoms with Gasteiger partial charge in [-0.1, -0.05) is 39.5 Å². The summed E-state index contributed by atoms with van der Waals surface area (Å²) in [5.74, 6) is 0. The minimum absolute atomic E-state index is 0.948. The average molecular weight is 155 g/mol. The first-order chi connectivity index (χ1) is 5.31. The number of unbranched alkanes of at least 4 members (excludes halogenated alkanes) is 3. The third-order valence-corrected chi connectivity index (χ3v) is 1.88. The molecule has 0 saturated carbocycles. The molecule has 0 unspecified atom stereocenters. The van der Waals surface area contributed by atoms with Crippen LogP contribution in [0.25, 0.3) is 0 Å². The van der Waals surface area contributed by atoms with E-state index in [0.717, 1.165) is 25.0 Å². The topological polar surface area (TPSA) is 23.9 Å². The summed E-state index contributed by atoms with van der Waals surface area (Å²) < 4.78 is 0. The summed E-state index contributed by atoms with van der Waals surface area (Å²) in [7, 11) is 0. The van der Waals surface area contributed by atoms with E-state index in [-0.39, 0.29) is 0 Å². The molecule has 0 heterocycles. The maximum Gasteiger partial charge on any atom is 0.00890 e. The molecule has 1 nitrogen and oxygen atoms in total. The van der Waals surface area contributed by atoms with E-state index in [1.807, 2.05) is 0 Å². The van der Waals surface area contributed by atoms with Crippen molar-refractivity contribution in [2.45, 2.75) is 58.8 Å². The smallest absolute Gasteiger partial charge is 0.00890 e. The van der Waals surface area contributed by atoms with Crippen LogP contribution in [0.1, 0.15) is 58.8 Å². The predicted octanol–water partition coefficient (Wildman–Crippen LogP) is 3.78. The number of hydrogen-bond acceptors (Lipinski definition) is 1. The van der Waals surface area contributed by atoms with Crippen molar-refractivity contribution in [2.75, 3.05) is 0 Å². The third-order valence-electron chi connectivity index (χ3n) is 1.88. The SMILES string of the molecule is CCCCCCC(=N)CCC. The Morgan fingerprint density at radius 2 is 1.64 bits per heavy atom. The number of rotatable bonds is 7. The Morgan fingerprint density at radius 1 is 0.909 bits per heavy atom. The zero-order valence-corrected chi connectivity index (χ0v) is 7.95. The van der Waals surface area contributed by atoms with E-state index in [9.17, 15) is 0 Å². The molecular formula is C10H21N. The summed E-state index contributed by atoms with van der Waals surface area (Å²) >= 11 is 0. The van der Waals surface area contributed by atoms with Gasteiger partial charge in [0.1, 0.15) is 0 Å². The quantitative estimate of drug-likeness (QED) is 0.427. The van der Waals surface area contributed by atoms with Gasteiger partial charge in [0.15, 0.2) is 0 Å². The van der Waals surface area contributed by atoms with Crippen molar-refractivity contribution in [1.29, 1.82) is 5.41 Å². The van der Waals surface area contributed by atoms with Crippen LogP contribution in [0, 0.1) is 5.41 Å². The van der Waals surface area contributed by atoms with Crippen LogP contribution < -0.4 is 0 Å². The van der Waals surface area contributed by atoms with Crippen molar-refractivity contribution < 1.29 is 0 Å². The Labute approximate surface area is 70.7 Å². The van der Waals surface area contributed by atoms with E-state index < -0.39 is 0 Å². The van der Waals surface area contributed by atoms with Crippen LogP contribution in [-0.2, 0) is 0 Å². The summed E-state index contributed by atoms with van der Waals surface area (Å²) in [5, 5.41) is 7.52. The van der Waals surface area contributed by atoms with Gasteiger partial charge in [-0.05, 0) is 19.3 Å². The lowest BCUT2D eigenvalue weighted by atomic mass is 10.1. The maximum atomic E-state index is 7.52. The van der Waals surface area contributed by atoms with Gasteiger partial charge in [-0.25, -0.2) is 0 Å². The molecule has 0 rings (SSSR count). The average Bonchev–Trinajstić information content (AvgIpc) is 1.99. The second kappa shape index (κ2) is 7.77. The molecule has 0 fully saturated rings. The normalized spacial score (nSPS) is 10.0. The van der Waals surface area contributed by atoms with Gasteiger partial charge in [0.2, 0.25) is 0 Å².